The Morgan fingerprint density at radius 1 is 0.573 bits per heavy atom. The molecule has 75 heavy (non-hydrogen) atoms. The first-order chi connectivity index (χ1) is 36.3. The number of aromatic nitrogens is 2. The van der Waals surface area contributed by atoms with Gasteiger partial charge in [0.25, 0.3) is 11.8 Å². The van der Waals surface area contributed by atoms with E-state index in [1.165, 1.54) is 12.1 Å². The van der Waals surface area contributed by atoms with Crippen LogP contribution in [0.1, 0.15) is 80.7 Å². The Labute approximate surface area is 447 Å². The average Bonchev–Trinajstić information content (AvgIpc) is 3.90. The van der Waals surface area contributed by atoms with Gasteiger partial charge in [0.15, 0.2) is 0 Å². The average molecular weight is 1070 g/mol. The fourth-order valence-corrected chi connectivity index (χ4v) is 11.9. The lowest BCUT2D eigenvalue weighted by atomic mass is 9.88. The van der Waals surface area contributed by atoms with Crippen molar-refractivity contribution in [3.8, 4) is 0 Å². The van der Waals surface area contributed by atoms with Gasteiger partial charge in [0, 0.05) is 115 Å². The third-order valence-electron chi connectivity index (χ3n) is 15.3. The molecule has 0 atom stereocenters. The van der Waals surface area contributed by atoms with Crippen molar-refractivity contribution in [2.45, 2.75) is 63.7 Å². The van der Waals surface area contributed by atoms with Gasteiger partial charge in [-0.15, -0.1) is 0 Å². The van der Waals surface area contributed by atoms with Crippen LogP contribution in [0.3, 0.4) is 0 Å². The first-order valence-electron chi connectivity index (χ1n) is 26.0. The predicted octanol–water partition coefficient (Wildman–Crippen LogP) is 8.41. The molecule has 1 N–H and O–H groups in total. The number of benzene rings is 4. The van der Waals surface area contributed by atoms with Gasteiger partial charge in [-0.25, -0.2) is 8.78 Å². The normalized spacial score (nSPS) is 17.3. The van der Waals surface area contributed by atoms with Gasteiger partial charge in [0.2, 0.25) is 11.8 Å². The van der Waals surface area contributed by atoms with Gasteiger partial charge in [-0.1, -0.05) is 71.7 Å². The summed E-state index contributed by atoms with van der Waals surface area (Å²) >= 11 is 12.7. The maximum absolute atomic E-state index is 14.6. The Kier molecular flexibility index (Phi) is 17.6. The molecule has 0 radical (unpaired) electrons. The van der Waals surface area contributed by atoms with Crippen molar-refractivity contribution in [2.75, 3.05) is 99.9 Å². The van der Waals surface area contributed by atoms with Crippen molar-refractivity contribution in [1.29, 1.82) is 0 Å². The number of amides is 4. The molecule has 14 nitrogen and oxygen atoms in total. The van der Waals surface area contributed by atoms with Gasteiger partial charge in [-0.2, -0.15) is 0 Å². The monoisotopic (exact) mass is 1070 g/mol. The lowest BCUT2D eigenvalue weighted by molar-refractivity contribution is -0.129. The van der Waals surface area contributed by atoms with Gasteiger partial charge in [0.05, 0.1) is 26.4 Å². The van der Waals surface area contributed by atoms with E-state index in [9.17, 15) is 28.0 Å². The van der Waals surface area contributed by atoms with E-state index in [1.807, 2.05) is 67.5 Å². The van der Waals surface area contributed by atoms with Crippen molar-refractivity contribution in [2.24, 2.45) is 0 Å². The molecule has 4 saturated heterocycles. The molecule has 398 valence electrons. The number of hydrogen-bond donors (Lipinski definition) is 1. The number of morpholine rings is 2. The van der Waals surface area contributed by atoms with Crippen LogP contribution < -0.4 is 5.32 Å². The molecule has 0 saturated carbocycles. The van der Waals surface area contributed by atoms with E-state index < -0.39 is 0 Å². The van der Waals surface area contributed by atoms with Crippen LogP contribution in [-0.2, 0) is 45.2 Å². The summed E-state index contributed by atoms with van der Waals surface area (Å²) in [6, 6.07) is 25.5. The third-order valence-corrected chi connectivity index (χ3v) is 15.9. The van der Waals surface area contributed by atoms with E-state index >= 15 is 0 Å². The summed E-state index contributed by atoms with van der Waals surface area (Å²) in [6.07, 6.45) is 3.13. The van der Waals surface area contributed by atoms with Crippen LogP contribution in [0.25, 0.3) is 21.8 Å². The molecule has 0 spiro atoms. The minimum atomic E-state index is -0.249. The Hall–Kier alpha value is -5.88. The Balaban J connectivity index is 0.000000184. The molecule has 0 aliphatic carbocycles. The Bertz CT molecular complexity index is 2990. The highest BCUT2D eigenvalue weighted by atomic mass is 35.5. The van der Waals surface area contributed by atoms with Gasteiger partial charge in [-0.05, 0) is 100 Å². The number of nitrogens with zero attached hydrogens (tertiary/aromatic N) is 7. The minimum absolute atomic E-state index is 0.0634. The van der Waals surface area contributed by atoms with Crippen LogP contribution in [0.2, 0.25) is 10.0 Å². The maximum Gasteiger partial charge on any atom is 0.271 e. The topological polar surface area (TPSA) is 125 Å². The molecule has 2 aromatic heterocycles. The molecule has 4 aliphatic rings. The number of carbonyl (C=O) groups is 4. The van der Waals surface area contributed by atoms with Crippen molar-refractivity contribution in [3.63, 3.8) is 0 Å². The number of nitrogens with one attached hydrogen (secondary N) is 1. The van der Waals surface area contributed by atoms with E-state index in [1.54, 1.807) is 50.3 Å². The molecule has 0 bridgehead atoms. The second-order valence-electron chi connectivity index (χ2n) is 20.0. The minimum Gasteiger partial charge on any atom is -0.378 e. The quantitative estimate of drug-likeness (QED) is 0.130. The molecular formula is C57H66Cl2F2N8O6. The van der Waals surface area contributed by atoms with Crippen LogP contribution in [0.5, 0.6) is 0 Å². The van der Waals surface area contributed by atoms with Gasteiger partial charge < -0.3 is 38.6 Å². The molecule has 0 unspecified atom stereocenters. The van der Waals surface area contributed by atoms with E-state index in [0.29, 0.717) is 98.3 Å². The molecule has 4 aromatic carbocycles. The number of ether oxygens (including phenoxy) is 2. The highest BCUT2D eigenvalue weighted by molar-refractivity contribution is 6.31. The third kappa shape index (κ3) is 11.9. The zero-order valence-corrected chi connectivity index (χ0v) is 44.5. The highest BCUT2D eigenvalue weighted by Gasteiger charge is 2.34. The van der Waals surface area contributed by atoms with Crippen LogP contribution in [0.4, 0.5) is 8.78 Å². The molecule has 4 fully saturated rings. The van der Waals surface area contributed by atoms with Crippen molar-refractivity contribution in [1.82, 2.24) is 39.0 Å². The number of hydrogen-bond acceptors (Lipinski definition) is 8. The van der Waals surface area contributed by atoms with E-state index in [-0.39, 0.29) is 60.2 Å². The number of likely N-dealkylation sites (N-methyl/N-ethyl adjacent to an activating group) is 2. The van der Waals surface area contributed by atoms with Crippen molar-refractivity contribution >= 4 is 68.6 Å². The first-order valence-corrected chi connectivity index (χ1v) is 26.8. The van der Waals surface area contributed by atoms with Crippen LogP contribution in [0.15, 0.2) is 84.9 Å². The second-order valence-corrected chi connectivity index (χ2v) is 20.8. The molecule has 6 aromatic rings. The number of piperidine rings is 2. The molecule has 4 aliphatic heterocycles. The predicted molar refractivity (Wildman–Crippen MR) is 287 cm³/mol. The van der Waals surface area contributed by atoms with Gasteiger partial charge >= 0.3 is 0 Å². The maximum atomic E-state index is 14.6. The zero-order valence-electron chi connectivity index (χ0n) is 43.0. The Morgan fingerprint density at radius 2 is 0.973 bits per heavy atom. The molecule has 10 rings (SSSR count). The summed E-state index contributed by atoms with van der Waals surface area (Å²) in [5.74, 6) is -0.751. The Morgan fingerprint density at radius 3 is 1.36 bits per heavy atom. The van der Waals surface area contributed by atoms with Crippen LogP contribution in [-0.4, -0.2) is 157 Å². The fourth-order valence-electron chi connectivity index (χ4n) is 11.2. The summed E-state index contributed by atoms with van der Waals surface area (Å²) < 4.78 is 43.8. The molecule has 6 heterocycles. The SMILES string of the molecule is CN(C)C(=O)Cn1c(C(=O)N2CCOCC2)c(CN2CCC(c3c(F)cccc3Cl)CC2)c2ccccc21.CNC(=O)Cn1c(C(=O)N2CCOCC2)c(CN2CCC(c3c(F)cccc3Cl)CC2)c2ccccc21. The number of fused-ring (bicyclic) bond motifs is 2. The van der Waals surface area contributed by atoms with Gasteiger partial charge in [-0.3, -0.25) is 29.0 Å². The van der Waals surface area contributed by atoms with E-state index in [2.05, 4.69) is 15.1 Å². The largest absolute Gasteiger partial charge is 0.378 e. The number of carbonyl (C=O) groups excluding carboxylic acids is 4. The number of halogens is 4. The molecule has 4 amide bonds. The summed E-state index contributed by atoms with van der Waals surface area (Å²) in [5.41, 5.74) is 5.95. The number of likely N-dealkylation sites (tertiary alicyclic amines) is 2. The molecule has 18 heteroatoms. The number of para-hydroxylation sites is 2. The lowest BCUT2D eigenvalue weighted by Gasteiger charge is -2.33. The summed E-state index contributed by atoms with van der Waals surface area (Å²) in [5, 5.41) is 5.61. The summed E-state index contributed by atoms with van der Waals surface area (Å²) in [7, 11) is 5.05. The van der Waals surface area contributed by atoms with Crippen LogP contribution in [0, 0.1) is 11.6 Å². The van der Waals surface area contributed by atoms with Gasteiger partial charge in [0.1, 0.15) is 36.1 Å². The first kappa shape index (κ1) is 53.9. The standard InChI is InChI=1S/C29H34ClFN4O3.C28H32ClFN4O3/c1-32(2)26(36)19-35-25-9-4-3-6-21(25)22(28(35)29(37)34-14-16-38-17-15-34)18-33-12-10-20(11-13-33)27-23(30)7-5-8-24(27)31;1-31-25(35)18-34-24-8-3-2-5-20(24)21(27(34)28(36)33-13-15-37-16-14-33)17-32-11-9-19(10-12-32)26-22(29)6-4-7-23(26)30/h3-9,20H,10-19H2,1-2H3;2-8,19H,9-18H2,1H3,(H,31,35). The van der Waals surface area contributed by atoms with E-state index in [4.69, 9.17) is 32.7 Å². The second kappa shape index (κ2) is 24.4. The summed E-state index contributed by atoms with van der Waals surface area (Å²) in [4.78, 5) is 63.0. The van der Waals surface area contributed by atoms with Crippen LogP contribution >= 0.6 is 23.2 Å². The fraction of sp³-hybridized carbons (Fsp3) is 0.439. The summed E-state index contributed by atoms with van der Waals surface area (Å²) in [6.45, 7) is 8.45. The zero-order chi connectivity index (χ0) is 52.8. The molecular weight excluding hydrogens is 1000 g/mol. The number of rotatable bonds is 12. The van der Waals surface area contributed by atoms with Crippen molar-refractivity contribution in [3.05, 3.63) is 140 Å². The van der Waals surface area contributed by atoms with E-state index in [0.717, 1.165) is 84.8 Å². The smallest absolute Gasteiger partial charge is 0.271 e. The highest BCUT2D eigenvalue weighted by Crippen LogP contribution is 2.38. The lowest BCUT2D eigenvalue weighted by Crippen LogP contribution is -2.42. The van der Waals surface area contributed by atoms with Crippen molar-refractivity contribution < 1.29 is 37.4 Å².